The minimum absolute atomic E-state index is 0.0277. The number of pyridine rings is 1. The predicted octanol–water partition coefficient (Wildman–Crippen LogP) is 5.52. The first-order chi connectivity index (χ1) is 15.2. The van der Waals surface area contributed by atoms with Crippen molar-refractivity contribution in [2.24, 2.45) is 11.3 Å². The maximum Gasteiger partial charge on any atom is 0.573 e. The topological polar surface area (TPSA) is 80.3 Å². The second-order valence-corrected chi connectivity index (χ2v) is 8.04. The second kappa shape index (κ2) is 8.56. The average Bonchev–Trinajstić information content (AvgIpc) is 3.51. The summed E-state index contributed by atoms with van der Waals surface area (Å²) in [6.07, 6.45) is -8.32. The third-order valence-corrected chi connectivity index (χ3v) is 4.96. The van der Waals surface area contributed by atoms with Crippen molar-refractivity contribution in [2.75, 3.05) is 10.6 Å². The van der Waals surface area contributed by atoms with E-state index in [-0.39, 0.29) is 29.0 Å². The normalized spacial score (nSPS) is 14.5. The van der Waals surface area contributed by atoms with Crippen LogP contribution in [0.1, 0.15) is 26.7 Å². The second-order valence-electron chi connectivity index (χ2n) is 8.04. The number of carbonyl (C=O) groups is 2. The number of hydrogen-bond donors (Lipinski definition) is 2. The molecule has 1 saturated carbocycles. The Morgan fingerprint density at radius 1 is 0.909 bits per heavy atom. The molecule has 0 bridgehead atoms. The number of nitrogens with zero attached hydrogens (tertiary/aromatic N) is 1. The first-order valence-electron chi connectivity index (χ1n) is 9.73. The van der Waals surface area contributed by atoms with Crippen molar-refractivity contribution >= 4 is 23.5 Å². The van der Waals surface area contributed by atoms with Gasteiger partial charge in [-0.3, -0.25) is 9.59 Å². The number of anilines is 2. The van der Waals surface area contributed by atoms with Crippen LogP contribution < -0.4 is 15.4 Å². The van der Waals surface area contributed by atoms with Gasteiger partial charge in [0.2, 0.25) is 11.8 Å². The van der Waals surface area contributed by atoms with Crippen LogP contribution in [0.4, 0.5) is 38.0 Å². The molecule has 0 spiro atoms. The molecule has 0 aliphatic heterocycles. The van der Waals surface area contributed by atoms with E-state index >= 15 is 0 Å². The number of benzene rings is 1. The van der Waals surface area contributed by atoms with Gasteiger partial charge < -0.3 is 15.4 Å². The van der Waals surface area contributed by atoms with Gasteiger partial charge in [-0.25, -0.2) is 4.98 Å². The molecule has 0 saturated heterocycles. The van der Waals surface area contributed by atoms with E-state index < -0.39 is 29.6 Å². The van der Waals surface area contributed by atoms with Gasteiger partial charge in [-0.15, -0.1) is 13.2 Å². The maximum absolute atomic E-state index is 13.2. The Kier molecular flexibility index (Phi) is 6.31. The summed E-state index contributed by atoms with van der Waals surface area (Å²) in [4.78, 5) is 28.4. The lowest BCUT2D eigenvalue weighted by atomic mass is 9.91. The van der Waals surface area contributed by atoms with Gasteiger partial charge in [0.05, 0.1) is 0 Å². The molecule has 33 heavy (non-hydrogen) atoms. The van der Waals surface area contributed by atoms with Crippen LogP contribution in [-0.4, -0.2) is 29.3 Å². The van der Waals surface area contributed by atoms with Crippen molar-refractivity contribution in [1.82, 2.24) is 4.98 Å². The zero-order chi connectivity index (χ0) is 24.6. The lowest BCUT2D eigenvalue weighted by molar-refractivity contribution is -0.274. The van der Waals surface area contributed by atoms with Crippen molar-refractivity contribution in [3.8, 4) is 16.9 Å². The Morgan fingerprint density at radius 2 is 1.45 bits per heavy atom. The highest BCUT2D eigenvalue weighted by molar-refractivity contribution is 5.97. The van der Waals surface area contributed by atoms with Gasteiger partial charge in [0.25, 0.3) is 0 Å². The van der Waals surface area contributed by atoms with Gasteiger partial charge in [-0.05, 0) is 62.1 Å². The molecule has 2 amide bonds. The summed E-state index contributed by atoms with van der Waals surface area (Å²) in [5, 5.41) is 4.65. The number of hydrogen-bond acceptors (Lipinski definition) is 4. The monoisotopic (exact) mass is 475 g/mol. The molecule has 1 heterocycles. The van der Waals surface area contributed by atoms with E-state index in [1.54, 1.807) is 0 Å². The third kappa shape index (κ3) is 6.14. The quantitative estimate of drug-likeness (QED) is 0.539. The van der Waals surface area contributed by atoms with Gasteiger partial charge in [0.1, 0.15) is 22.8 Å². The molecule has 0 unspecified atom stereocenters. The number of amides is 2. The Bertz CT molecular complexity index is 1040. The predicted molar refractivity (Wildman–Crippen MR) is 106 cm³/mol. The Balaban J connectivity index is 1.92. The van der Waals surface area contributed by atoms with Crippen LogP contribution in [0.25, 0.3) is 11.1 Å². The molecule has 0 atom stereocenters. The van der Waals surface area contributed by atoms with Crippen LogP contribution in [0.2, 0.25) is 0 Å². The number of carbonyl (C=O) groups excluding carboxylic acids is 2. The fraction of sp³-hybridized carbons (Fsp3) is 0.381. The number of aromatic nitrogens is 1. The van der Waals surface area contributed by atoms with Crippen molar-refractivity contribution < 1.29 is 40.7 Å². The maximum atomic E-state index is 13.2. The minimum atomic E-state index is -4.87. The molecule has 1 aliphatic rings. The van der Waals surface area contributed by atoms with Gasteiger partial charge in [0, 0.05) is 5.92 Å². The molecule has 6 nitrogen and oxygen atoms in total. The lowest BCUT2D eigenvalue weighted by Gasteiger charge is -2.26. The fourth-order valence-electron chi connectivity index (χ4n) is 2.65. The number of halogens is 6. The van der Waals surface area contributed by atoms with E-state index in [0.717, 1.165) is 12.1 Å². The van der Waals surface area contributed by atoms with Crippen molar-refractivity contribution in [2.45, 2.75) is 39.2 Å². The van der Waals surface area contributed by atoms with Gasteiger partial charge in [0.15, 0.2) is 0 Å². The number of rotatable bonds is 6. The highest BCUT2D eigenvalue weighted by Crippen LogP contribution is 2.39. The van der Waals surface area contributed by atoms with Crippen molar-refractivity contribution in [3.63, 3.8) is 0 Å². The molecule has 1 aromatic carbocycles. The van der Waals surface area contributed by atoms with Gasteiger partial charge in [-0.1, -0.05) is 12.1 Å². The summed E-state index contributed by atoms with van der Waals surface area (Å²) < 4.78 is 80.5. The molecule has 178 valence electrons. The molecular weight excluding hydrogens is 456 g/mol. The third-order valence-electron chi connectivity index (χ3n) is 4.96. The largest absolute Gasteiger partial charge is 0.573 e. The molecule has 0 radical (unpaired) electrons. The number of alkyl halides is 6. The number of ether oxygens (including phenoxy) is 1. The van der Waals surface area contributed by atoms with Crippen LogP contribution in [0.15, 0.2) is 36.4 Å². The summed E-state index contributed by atoms with van der Waals surface area (Å²) in [5.41, 5.74) is -2.09. The van der Waals surface area contributed by atoms with Crippen LogP contribution in [0.3, 0.4) is 0 Å². The van der Waals surface area contributed by atoms with E-state index in [9.17, 15) is 35.9 Å². The molecular formula is C21H19F6N3O3. The standard InChI is InChI=1S/C21H19F6N3O3/c1-19(2,20(22,23)24)18(32)30-16-10-13(9-15(28-16)29-17(31)12-3-4-12)11-5-7-14(8-6-11)33-21(25,26)27/h5-10,12H,3-4H2,1-2H3,(H2,28,29,30,31,32). The van der Waals surface area contributed by atoms with Crippen molar-refractivity contribution in [3.05, 3.63) is 36.4 Å². The smallest absolute Gasteiger partial charge is 0.406 e. The summed E-state index contributed by atoms with van der Waals surface area (Å²) in [6, 6.07) is 7.32. The highest BCUT2D eigenvalue weighted by Gasteiger charge is 2.53. The molecule has 2 aromatic rings. The zero-order valence-electron chi connectivity index (χ0n) is 17.4. The van der Waals surface area contributed by atoms with E-state index in [0.29, 0.717) is 32.3 Å². The summed E-state index contributed by atoms with van der Waals surface area (Å²) in [6.45, 7) is 1.42. The van der Waals surface area contributed by atoms with Crippen LogP contribution in [-0.2, 0) is 9.59 Å². The highest BCUT2D eigenvalue weighted by atomic mass is 19.4. The molecule has 1 aliphatic carbocycles. The van der Waals surface area contributed by atoms with Gasteiger partial charge in [-0.2, -0.15) is 13.2 Å². The van der Waals surface area contributed by atoms with Crippen LogP contribution in [0, 0.1) is 11.3 Å². The Morgan fingerprint density at radius 3 is 1.94 bits per heavy atom. The molecule has 3 rings (SSSR count). The Hall–Kier alpha value is -3.31. The van der Waals surface area contributed by atoms with Crippen LogP contribution in [0.5, 0.6) is 5.75 Å². The SMILES string of the molecule is CC(C)(C(=O)Nc1cc(-c2ccc(OC(F)(F)F)cc2)cc(NC(=O)C2CC2)n1)C(F)(F)F. The summed E-state index contributed by atoms with van der Waals surface area (Å²) >= 11 is 0. The van der Waals surface area contributed by atoms with E-state index in [1.165, 1.54) is 24.3 Å². The fourth-order valence-corrected chi connectivity index (χ4v) is 2.65. The summed E-state index contributed by atoms with van der Waals surface area (Å²) in [5.74, 6) is -2.66. The Labute approximate surface area is 184 Å². The summed E-state index contributed by atoms with van der Waals surface area (Å²) in [7, 11) is 0. The first-order valence-corrected chi connectivity index (χ1v) is 9.73. The van der Waals surface area contributed by atoms with Crippen molar-refractivity contribution in [1.29, 1.82) is 0 Å². The molecule has 1 aromatic heterocycles. The number of nitrogens with one attached hydrogen (secondary N) is 2. The minimum Gasteiger partial charge on any atom is -0.406 e. The molecule has 1 fully saturated rings. The van der Waals surface area contributed by atoms with E-state index in [2.05, 4.69) is 20.4 Å². The lowest BCUT2D eigenvalue weighted by Crippen LogP contribution is -2.43. The van der Waals surface area contributed by atoms with Crippen LogP contribution >= 0.6 is 0 Å². The van der Waals surface area contributed by atoms with E-state index in [4.69, 9.17) is 0 Å². The molecule has 12 heteroatoms. The van der Waals surface area contributed by atoms with Gasteiger partial charge >= 0.3 is 12.5 Å². The first kappa shape index (κ1) is 24.3. The molecule has 2 N–H and O–H groups in total. The van der Waals surface area contributed by atoms with E-state index in [1.807, 2.05) is 0 Å². The average molecular weight is 475 g/mol. The zero-order valence-corrected chi connectivity index (χ0v) is 17.4.